The minimum Gasteiger partial charge on any atom is -0.250 e. The molecule has 1 unspecified atom stereocenters. The lowest BCUT2D eigenvalue weighted by molar-refractivity contribution is 0.579. The van der Waals surface area contributed by atoms with Crippen molar-refractivity contribution < 1.29 is 4.39 Å². The molecule has 17 heavy (non-hydrogen) atoms. The number of hydrogen-bond donors (Lipinski definition) is 0. The van der Waals surface area contributed by atoms with Gasteiger partial charge in [0.15, 0.2) is 0 Å². The van der Waals surface area contributed by atoms with E-state index in [0.717, 1.165) is 23.4 Å². The largest absolute Gasteiger partial charge is 0.250 e. The topological polar surface area (TPSA) is 12.9 Å². The van der Waals surface area contributed by atoms with Crippen LogP contribution < -0.4 is 0 Å². The zero-order chi connectivity index (χ0) is 12.1. The van der Waals surface area contributed by atoms with Crippen LogP contribution in [0, 0.1) is 11.7 Å². The molecule has 0 spiro atoms. The Morgan fingerprint density at radius 3 is 2.59 bits per heavy atom. The van der Waals surface area contributed by atoms with Crippen LogP contribution in [-0.4, -0.2) is 10.9 Å². The van der Waals surface area contributed by atoms with Crippen LogP contribution >= 0.6 is 22.9 Å². The van der Waals surface area contributed by atoms with Crippen molar-refractivity contribution in [2.24, 2.45) is 5.92 Å². The molecule has 0 N–H and O–H groups in total. The molecule has 1 aromatic carbocycles. The van der Waals surface area contributed by atoms with Gasteiger partial charge in [-0.2, -0.15) is 0 Å². The van der Waals surface area contributed by atoms with Gasteiger partial charge in [0.25, 0.3) is 0 Å². The van der Waals surface area contributed by atoms with E-state index >= 15 is 0 Å². The number of hydrogen-bond acceptors (Lipinski definition) is 2. The molecule has 0 radical (unpaired) electrons. The van der Waals surface area contributed by atoms with Gasteiger partial charge in [0, 0.05) is 23.9 Å². The summed E-state index contributed by atoms with van der Waals surface area (Å²) in [4.78, 5) is 4.26. The summed E-state index contributed by atoms with van der Waals surface area (Å²) in [6, 6.07) is 6.61. The van der Waals surface area contributed by atoms with Crippen LogP contribution in [0.2, 0.25) is 0 Å². The predicted molar refractivity (Wildman–Crippen MR) is 70.1 cm³/mol. The maximum absolute atomic E-state index is 12.8. The Labute approximate surface area is 109 Å². The van der Waals surface area contributed by atoms with Crippen molar-refractivity contribution in [2.45, 2.75) is 12.8 Å². The minimum atomic E-state index is -0.198. The van der Waals surface area contributed by atoms with E-state index in [1.165, 1.54) is 12.1 Å². The second-order valence-electron chi connectivity index (χ2n) is 3.98. The second kappa shape index (κ2) is 6.12. The average Bonchev–Trinajstić information content (AvgIpc) is 2.84. The standard InChI is InChI=1S/C13H13ClFNS/c14-9-11(8-13-16-5-6-17-13)7-10-1-3-12(15)4-2-10/h1-6,11H,7-9H2. The molecule has 0 saturated heterocycles. The molecule has 0 fully saturated rings. The maximum atomic E-state index is 12.8. The average molecular weight is 270 g/mol. The summed E-state index contributed by atoms with van der Waals surface area (Å²) in [7, 11) is 0. The van der Waals surface area contributed by atoms with Crippen molar-refractivity contribution in [3.63, 3.8) is 0 Å². The van der Waals surface area contributed by atoms with Crippen LogP contribution in [0.15, 0.2) is 35.8 Å². The highest BCUT2D eigenvalue weighted by Gasteiger charge is 2.11. The molecular weight excluding hydrogens is 257 g/mol. The van der Waals surface area contributed by atoms with Crippen LogP contribution in [0.4, 0.5) is 4.39 Å². The molecule has 2 rings (SSSR count). The fourth-order valence-electron chi connectivity index (χ4n) is 1.74. The van der Waals surface area contributed by atoms with Crippen molar-refractivity contribution >= 4 is 22.9 Å². The molecule has 4 heteroatoms. The lowest BCUT2D eigenvalue weighted by Crippen LogP contribution is -2.10. The lowest BCUT2D eigenvalue weighted by Gasteiger charge is -2.12. The van der Waals surface area contributed by atoms with E-state index in [2.05, 4.69) is 4.98 Å². The number of benzene rings is 1. The van der Waals surface area contributed by atoms with Crippen molar-refractivity contribution in [1.82, 2.24) is 4.98 Å². The van der Waals surface area contributed by atoms with Gasteiger partial charge in [-0.15, -0.1) is 22.9 Å². The number of halogens is 2. The summed E-state index contributed by atoms with van der Waals surface area (Å²) in [6.45, 7) is 0. The Balaban J connectivity index is 1.97. The number of nitrogens with zero attached hydrogens (tertiary/aromatic N) is 1. The third-order valence-electron chi connectivity index (χ3n) is 2.60. The van der Waals surface area contributed by atoms with Crippen LogP contribution in [0.5, 0.6) is 0 Å². The van der Waals surface area contributed by atoms with Crippen molar-refractivity contribution in [3.05, 3.63) is 52.2 Å². The number of aromatic nitrogens is 1. The first-order valence-corrected chi connectivity index (χ1v) is 6.88. The van der Waals surface area contributed by atoms with Crippen LogP contribution in [0.3, 0.4) is 0 Å². The van der Waals surface area contributed by atoms with Gasteiger partial charge in [0.05, 0.1) is 5.01 Å². The first-order chi connectivity index (χ1) is 8.28. The summed E-state index contributed by atoms with van der Waals surface area (Å²) in [5, 5.41) is 3.08. The van der Waals surface area contributed by atoms with E-state index in [0.29, 0.717) is 11.8 Å². The van der Waals surface area contributed by atoms with Crippen LogP contribution in [-0.2, 0) is 12.8 Å². The van der Waals surface area contributed by atoms with Gasteiger partial charge in [-0.1, -0.05) is 12.1 Å². The van der Waals surface area contributed by atoms with Gasteiger partial charge in [-0.3, -0.25) is 0 Å². The molecule has 1 heterocycles. The molecule has 90 valence electrons. The van der Waals surface area contributed by atoms with Gasteiger partial charge in [0.2, 0.25) is 0 Å². The quantitative estimate of drug-likeness (QED) is 0.750. The zero-order valence-corrected chi connectivity index (χ0v) is 10.8. The van der Waals surface area contributed by atoms with Crippen LogP contribution in [0.25, 0.3) is 0 Å². The second-order valence-corrected chi connectivity index (χ2v) is 5.27. The molecule has 0 aliphatic carbocycles. The monoisotopic (exact) mass is 269 g/mol. The van der Waals surface area contributed by atoms with Crippen molar-refractivity contribution in [2.75, 3.05) is 5.88 Å². The smallest absolute Gasteiger partial charge is 0.123 e. The third-order valence-corrected chi connectivity index (χ3v) is 3.84. The Kier molecular flexibility index (Phi) is 4.51. The molecule has 0 saturated carbocycles. The molecule has 1 nitrogen and oxygen atoms in total. The van der Waals surface area contributed by atoms with Crippen molar-refractivity contribution in [3.8, 4) is 0 Å². The van der Waals surface area contributed by atoms with E-state index in [1.807, 2.05) is 23.7 Å². The van der Waals surface area contributed by atoms with E-state index in [4.69, 9.17) is 11.6 Å². The third kappa shape index (κ3) is 3.79. The Bertz CT molecular complexity index is 441. The maximum Gasteiger partial charge on any atom is 0.123 e. The molecule has 1 atom stereocenters. The Hall–Kier alpha value is -0.930. The summed E-state index contributed by atoms with van der Waals surface area (Å²) in [5.41, 5.74) is 1.12. The zero-order valence-electron chi connectivity index (χ0n) is 9.27. The number of thiazole rings is 1. The molecule has 0 aliphatic heterocycles. The summed E-state index contributed by atoms with van der Waals surface area (Å²) in [5.74, 6) is 0.751. The molecule has 0 bridgehead atoms. The highest BCUT2D eigenvalue weighted by atomic mass is 35.5. The molecular formula is C13H13ClFNS. The summed E-state index contributed by atoms with van der Waals surface area (Å²) >= 11 is 7.62. The first-order valence-electron chi connectivity index (χ1n) is 5.46. The van der Waals surface area contributed by atoms with Gasteiger partial charge in [-0.05, 0) is 30.0 Å². The van der Waals surface area contributed by atoms with E-state index in [9.17, 15) is 4.39 Å². The Morgan fingerprint density at radius 1 is 1.24 bits per heavy atom. The van der Waals surface area contributed by atoms with Crippen molar-refractivity contribution in [1.29, 1.82) is 0 Å². The molecule has 1 aromatic heterocycles. The molecule has 0 amide bonds. The van der Waals surface area contributed by atoms with Gasteiger partial charge >= 0.3 is 0 Å². The van der Waals surface area contributed by atoms with Gasteiger partial charge in [0.1, 0.15) is 5.82 Å². The van der Waals surface area contributed by atoms with E-state index in [-0.39, 0.29) is 5.82 Å². The SMILES string of the molecule is Fc1ccc(CC(CCl)Cc2nccs2)cc1. The Morgan fingerprint density at radius 2 is 2.00 bits per heavy atom. The molecule has 2 aromatic rings. The van der Waals surface area contributed by atoms with Gasteiger partial charge < -0.3 is 0 Å². The predicted octanol–water partition coefficient (Wildman–Crippen LogP) is 3.92. The fourth-order valence-corrected chi connectivity index (χ4v) is 2.69. The number of rotatable bonds is 5. The summed E-state index contributed by atoms with van der Waals surface area (Å²) < 4.78 is 12.8. The minimum absolute atomic E-state index is 0.198. The number of alkyl halides is 1. The highest BCUT2D eigenvalue weighted by molar-refractivity contribution is 7.09. The normalized spacial score (nSPS) is 12.6. The first kappa shape index (κ1) is 12.5. The van der Waals surface area contributed by atoms with E-state index in [1.54, 1.807) is 11.3 Å². The molecule has 0 aliphatic rings. The summed E-state index contributed by atoms with van der Waals surface area (Å²) in [6.07, 6.45) is 3.56. The van der Waals surface area contributed by atoms with Crippen LogP contribution in [0.1, 0.15) is 10.6 Å². The van der Waals surface area contributed by atoms with Gasteiger partial charge in [-0.25, -0.2) is 9.37 Å². The van der Waals surface area contributed by atoms with E-state index < -0.39 is 0 Å². The fraction of sp³-hybridized carbons (Fsp3) is 0.308. The highest BCUT2D eigenvalue weighted by Crippen LogP contribution is 2.18. The lowest BCUT2D eigenvalue weighted by atomic mass is 9.98.